The quantitative estimate of drug-likeness (QED) is 0.753. The van der Waals surface area contributed by atoms with Gasteiger partial charge in [0.25, 0.3) is 0 Å². The van der Waals surface area contributed by atoms with Crippen molar-refractivity contribution in [1.82, 2.24) is 0 Å². The molecule has 0 bridgehead atoms. The zero-order valence-corrected chi connectivity index (χ0v) is 10.9. The second kappa shape index (κ2) is 5.33. The normalized spacial score (nSPS) is 19.8. The summed E-state index contributed by atoms with van der Waals surface area (Å²) in [5.74, 6) is 0. The smallest absolute Gasteiger partial charge is 0.107 e. The van der Waals surface area contributed by atoms with Crippen LogP contribution in [0.4, 0.5) is 0 Å². The first-order valence-electron chi connectivity index (χ1n) is 6.24. The van der Waals surface area contributed by atoms with Crippen molar-refractivity contribution in [1.29, 1.82) is 0 Å². The third-order valence-corrected chi connectivity index (χ3v) is 3.34. The van der Waals surface area contributed by atoms with Crippen LogP contribution in [0, 0.1) is 0 Å². The maximum absolute atomic E-state index is 5.69. The van der Waals surface area contributed by atoms with E-state index in [-0.39, 0.29) is 6.10 Å². The molecule has 90 valence electrons. The Morgan fingerprint density at radius 2 is 2.12 bits per heavy atom. The van der Waals surface area contributed by atoms with Gasteiger partial charge in [0, 0.05) is 7.11 Å². The van der Waals surface area contributed by atoms with E-state index in [0.717, 1.165) is 12.8 Å². The van der Waals surface area contributed by atoms with Gasteiger partial charge in [0.1, 0.15) is 6.10 Å². The second-order valence-corrected chi connectivity index (χ2v) is 4.54. The summed E-state index contributed by atoms with van der Waals surface area (Å²) in [6, 6.07) is 8.57. The van der Waals surface area contributed by atoms with Gasteiger partial charge in [0.2, 0.25) is 0 Å². The van der Waals surface area contributed by atoms with Crippen molar-refractivity contribution in [2.75, 3.05) is 7.11 Å². The third-order valence-electron chi connectivity index (χ3n) is 3.34. The number of allylic oxidation sites excluding steroid dienone is 2. The third kappa shape index (κ3) is 2.34. The molecule has 1 unspecified atom stereocenters. The van der Waals surface area contributed by atoms with E-state index in [1.165, 1.54) is 22.3 Å². The van der Waals surface area contributed by atoms with Gasteiger partial charge in [0.15, 0.2) is 0 Å². The van der Waals surface area contributed by atoms with Crippen molar-refractivity contribution in [2.24, 2.45) is 0 Å². The number of benzene rings is 1. The molecule has 1 aromatic carbocycles. The Labute approximate surface area is 104 Å². The van der Waals surface area contributed by atoms with Gasteiger partial charge < -0.3 is 4.74 Å². The first kappa shape index (κ1) is 12.1. The summed E-state index contributed by atoms with van der Waals surface area (Å²) in [7, 11) is 1.79. The molecule has 0 saturated heterocycles. The van der Waals surface area contributed by atoms with Gasteiger partial charge in [-0.3, -0.25) is 0 Å². The van der Waals surface area contributed by atoms with Gasteiger partial charge in [-0.25, -0.2) is 0 Å². The van der Waals surface area contributed by atoms with Crippen LogP contribution in [0.5, 0.6) is 0 Å². The lowest BCUT2D eigenvalue weighted by Crippen LogP contribution is -2.14. The molecular weight excluding hydrogens is 208 g/mol. The number of hydrogen-bond donors (Lipinski definition) is 0. The lowest BCUT2D eigenvalue weighted by molar-refractivity contribution is 0.132. The second-order valence-electron chi connectivity index (χ2n) is 4.54. The van der Waals surface area contributed by atoms with Crippen LogP contribution in [0.1, 0.15) is 37.5 Å². The fourth-order valence-electron chi connectivity index (χ4n) is 2.46. The molecule has 17 heavy (non-hydrogen) atoms. The van der Waals surface area contributed by atoms with Crippen molar-refractivity contribution in [2.45, 2.75) is 32.8 Å². The molecule has 0 heterocycles. The van der Waals surface area contributed by atoms with Gasteiger partial charge in [0.05, 0.1) is 0 Å². The summed E-state index contributed by atoms with van der Waals surface area (Å²) in [5, 5.41) is 0. The summed E-state index contributed by atoms with van der Waals surface area (Å²) in [5.41, 5.74) is 5.45. The van der Waals surface area contributed by atoms with Crippen LogP contribution in [0.15, 0.2) is 47.6 Å². The van der Waals surface area contributed by atoms with Crippen LogP contribution in [0.3, 0.4) is 0 Å². The molecule has 0 N–H and O–H groups in total. The van der Waals surface area contributed by atoms with E-state index >= 15 is 0 Å². The number of rotatable bonds is 3. The standard InChI is InChI=1S/C16H20O/c1-4-5-9-14-12(2)11-13-8-6-7-10-15(13)16(14)17-3/h5-10,16H,4,11H2,1-3H3/b9-5-. The molecule has 1 aromatic rings. The minimum atomic E-state index is 0.0998. The summed E-state index contributed by atoms with van der Waals surface area (Å²) in [6.07, 6.45) is 6.63. The van der Waals surface area contributed by atoms with E-state index in [1.54, 1.807) is 7.11 Å². The molecule has 0 fully saturated rings. The maximum atomic E-state index is 5.69. The van der Waals surface area contributed by atoms with Gasteiger partial charge in [-0.2, -0.15) is 0 Å². The average Bonchev–Trinajstić information content (AvgIpc) is 2.35. The highest BCUT2D eigenvalue weighted by atomic mass is 16.5. The van der Waals surface area contributed by atoms with E-state index in [9.17, 15) is 0 Å². The zero-order chi connectivity index (χ0) is 12.3. The minimum Gasteiger partial charge on any atom is -0.372 e. The Balaban J connectivity index is 2.43. The fourth-order valence-corrected chi connectivity index (χ4v) is 2.46. The Hall–Kier alpha value is -1.34. The minimum absolute atomic E-state index is 0.0998. The zero-order valence-electron chi connectivity index (χ0n) is 10.9. The van der Waals surface area contributed by atoms with Gasteiger partial charge in [-0.15, -0.1) is 0 Å². The Bertz CT molecular complexity index is 454. The molecular formula is C16H20O. The molecule has 0 aliphatic heterocycles. The van der Waals surface area contributed by atoms with E-state index in [0.29, 0.717) is 0 Å². The van der Waals surface area contributed by atoms with Crippen LogP contribution >= 0.6 is 0 Å². The van der Waals surface area contributed by atoms with Crippen molar-refractivity contribution in [3.8, 4) is 0 Å². The van der Waals surface area contributed by atoms with E-state index < -0.39 is 0 Å². The molecule has 0 aromatic heterocycles. The summed E-state index contributed by atoms with van der Waals surface area (Å²) >= 11 is 0. The molecule has 0 amide bonds. The van der Waals surface area contributed by atoms with Crippen LogP contribution in [0.2, 0.25) is 0 Å². The van der Waals surface area contributed by atoms with Gasteiger partial charge in [-0.05, 0) is 36.5 Å². The highest BCUT2D eigenvalue weighted by Gasteiger charge is 2.23. The predicted molar refractivity (Wildman–Crippen MR) is 72.0 cm³/mol. The van der Waals surface area contributed by atoms with Gasteiger partial charge >= 0.3 is 0 Å². The number of fused-ring (bicyclic) bond motifs is 1. The summed E-state index contributed by atoms with van der Waals surface area (Å²) < 4.78 is 5.69. The van der Waals surface area contributed by atoms with Crippen molar-refractivity contribution in [3.05, 3.63) is 58.7 Å². The van der Waals surface area contributed by atoms with Crippen molar-refractivity contribution in [3.63, 3.8) is 0 Å². The SMILES string of the molecule is CC/C=C\C1=C(C)Cc2ccccc2C1OC. The van der Waals surface area contributed by atoms with Crippen LogP contribution in [0.25, 0.3) is 0 Å². The highest BCUT2D eigenvalue weighted by Crippen LogP contribution is 2.36. The van der Waals surface area contributed by atoms with Crippen molar-refractivity contribution >= 4 is 0 Å². The Morgan fingerprint density at radius 3 is 2.82 bits per heavy atom. The molecule has 1 aliphatic rings. The van der Waals surface area contributed by atoms with Crippen LogP contribution in [-0.2, 0) is 11.2 Å². The Morgan fingerprint density at radius 1 is 1.35 bits per heavy atom. The highest BCUT2D eigenvalue weighted by molar-refractivity contribution is 5.46. The molecule has 1 heteroatoms. The molecule has 2 rings (SSSR count). The molecule has 0 spiro atoms. The van der Waals surface area contributed by atoms with Crippen LogP contribution < -0.4 is 0 Å². The summed E-state index contributed by atoms with van der Waals surface area (Å²) in [6.45, 7) is 4.36. The maximum Gasteiger partial charge on any atom is 0.107 e. The Kier molecular flexibility index (Phi) is 3.80. The van der Waals surface area contributed by atoms with Crippen molar-refractivity contribution < 1.29 is 4.74 Å². The number of hydrogen-bond acceptors (Lipinski definition) is 1. The molecule has 1 atom stereocenters. The topological polar surface area (TPSA) is 9.23 Å². The number of ether oxygens (including phenoxy) is 1. The molecule has 1 nitrogen and oxygen atoms in total. The lowest BCUT2D eigenvalue weighted by atomic mass is 9.84. The fraction of sp³-hybridized carbons (Fsp3) is 0.375. The monoisotopic (exact) mass is 228 g/mol. The van der Waals surface area contributed by atoms with Crippen LogP contribution in [-0.4, -0.2) is 7.11 Å². The van der Waals surface area contributed by atoms with Gasteiger partial charge in [-0.1, -0.05) is 48.9 Å². The predicted octanol–water partition coefficient (Wildman–Crippen LogP) is 4.21. The van der Waals surface area contributed by atoms with E-state index in [1.807, 2.05) is 0 Å². The first-order chi connectivity index (χ1) is 8.27. The average molecular weight is 228 g/mol. The van der Waals surface area contributed by atoms with E-state index in [2.05, 4.69) is 50.3 Å². The molecule has 0 radical (unpaired) electrons. The largest absolute Gasteiger partial charge is 0.372 e. The molecule has 1 aliphatic carbocycles. The lowest BCUT2D eigenvalue weighted by Gasteiger charge is -2.27. The number of methoxy groups -OCH3 is 1. The van der Waals surface area contributed by atoms with E-state index in [4.69, 9.17) is 4.74 Å². The molecule has 0 saturated carbocycles. The summed E-state index contributed by atoms with van der Waals surface area (Å²) in [4.78, 5) is 0. The first-order valence-corrected chi connectivity index (χ1v) is 6.24.